The average Bonchev–Trinajstić information content (AvgIpc) is 3.03. The number of aryl methyl sites for hydroxylation is 1. The van der Waals surface area contributed by atoms with Crippen LogP contribution in [0.15, 0.2) is 33.8 Å². The van der Waals surface area contributed by atoms with Crippen molar-refractivity contribution in [3.8, 4) is 0 Å². The molecular formula is C18H27N5O. The number of aliphatic imine (C=N–C) groups is 1. The second-order valence-electron chi connectivity index (χ2n) is 6.00. The number of benzene rings is 1. The Morgan fingerprint density at radius 2 is 2.04 bits per heavy atom. The molecule has 0 bridgehead atoms. The first-order valence-electron chi connectivity index (χ1n) is 8.49. The number of aromatic nitrogens is 2. The largest absolute Gasteiger partial charge is 0.357 e. The normalized spacial score (nSPS) is 11.8. The number of hydrogen-bond acceptors (Lipinski definition) is 4. The lowest BCUT2D eigenvalue weighted by Crippen LogP contribution is -2.38. The Bertz CT molecular complexity index is 663. The molecule has 0 atom stereocenters. The van der Waals surface area contributed by atoms with Gasteiger partial charge in [0.15, 0.2) is 11.8 Å². The Balaban J connectivity index is 1.88. The fourth-order valence-corrected chi connectivity index (χ4v) is 2.19. The molecule has 0 unspecified atom stereocenters. The fourth-order valence-electron chi connectivity index (χ4n) is 2.19. The van der Waals surface area contributed by atoms with Crippen molar-refractivity contribution in [2.24, 2.45) is 4.99 Å². The predicted molar refractivity (Wildman–Crippen MR) is 96.1 cm³/mol. The Hall–Kier alpha value is -2.37. The van der Waals surface area contributed by atoms with Gasteiger partial charge in [-0.15, -0.1) is 0 Å². The molecule has 24 heavy (non-hydrogen) atoms. The zero-order valence-corrected chi connectivity index (χ0v) is 15.0. The summed E-state index contributed by atoms with van der Waals surface area (Å²) in [6.07, 6.45) is 0.675. The molecule has 130 valence electrons. The molecule has 6 heteroatoms. The maximum Gasteiger partial charge on any atom is 0.228 e. The SMILES string of the molecule is CCNC(=NCc1ccccc1C)NCCc1nc(C(C)C)no1. The second-order valence-corrected chi connectivity index (χ2v) is 6.00. The molecule has 0 fully saturated rings. The van der Waals surface area contributed by atoms with Gasteiger partial charge in [-0.05, 0) is 25.0 Å². The van der Waals surface area contributed by atoms with Crippen LogP contribution in [0.1, 0.15) is 49.5 Å². The summed E-state index contributed by atoms with van der Waals surface area (Å²) in [7, 11) is 0. The highest BCUT2D eigenvalue weighted by atomic mass is 16.5. The maximum absolute atomic E-state index is 5.25. The highest BCUT2D eigenvalue weighted by Crippen LogP contribution is 2.10. The van der Waals surface area contributed by atoms with E-state index in [1.807, 2.05) is 26.0 Å². The van der Waals surface area contributed by atoms with E-state index in [0.717, 1.165) is 18.3 Å². The molecule has 0 radical (unpaired) electrons. The van der Waals surface area contributed by atoms with E-state index in [1.165, 1.54) is 11.1 Å². The molecule has 6 nitrogen and oxygen atoms in total. The van der Waals surface area contributed by atoms with Crippen LogP contribution in [0.3, 0.4) is 0 Å². The number of guanidine groups is 1. The summed E-state index contributed by atoms with van der Waals surface area (Å²) >= 11 is 0. The monoisotopic (exact) mass is 329 g/mol. The van der Waals surface area contributed by atoms with Crippen LogP contribution in [0.25, 0.3) is 0 Å². The minimum absolute atomic E-state index is 0.281. The lowest BCUT2D eigenvalue weighted by molar-refractivity contribution is 0.371. The quantitative estimate of drug-likeness (QED) is 0.603. The summed E-state index contributed by atoms with van der Waals surface area (Å²) in [6.45, 7) is 10.4. The summed E-state index contributed by atoms with van der Waals surface area (Å²) in [5.74, 6) is 2.49. The molecular weight excluding hydrogens is 302 g/mol. The molecule has 0 spiro atoms. The minimum Gasteiger partial charge on any atom is -0.357 e. The molecule has 0 amide bonds. The van der Waals surface area contributed by atoms with E-state index in [1.54, 1.807) is 0 Å². The van der Waals surface area contributed by atoms with Crippen molar-refractivity contribution in [3.05, 3.63) is 47.1 Å². The molecule has 0 aliphatic heterocycles. The predicted octanol–water partition coefficient (Wildman–Crippen LogP) is 2.80. The van der Waals surface area contributed by atoms with Crippen LogP contribution in [0.4, 0.5) is 0 Å². The van der Waals surface area contributed by atoms with Gasteiger partial charge in [0.05, 0.1) is 6.54 Å². The van der Waals surface area contributed by atoms with Gasteiger partial charge in [-0.1, -0.05) is 43.3 Å². The first-order chi connectivity index (χ1) is 11.6. The zero-order valence-electron chi connectivity index (χ0n) is 15.0. The van der Waals surface area contributed by atoms with Gasteiger partial charge in [0, 0.05) is 25.4 Å². The van der Waals surface area contributed by atoms with Crippen LogP contribution in [0.5, 0.6) is 0 Å². The van der Waals surface area contributed by atoms with Gasteiger partial charge in [0.2, 0.25) is 5.89 Å². The van der Waals surface area contributed by atoms with E-state index in [0.29, 0.717) is 25.4 Å². The van der Waals surface area contributed by atoms with Crippen LogP contribution in [0.2, 0.25) is 0 Å². The van der Waals surface area contributed by atoms with Crippen molar-refractivity contribution in [1.29, 1.82) is 0 Å². The summed E-state index contributed by atoms with van der Waals surface area (Å²) in [6, 6.07) is 8.29. The lowest BCUT2D eigenvalue weighted by Gasteiger charge is -2.11. The topological polar surface area (TPSA) is 75.3 Å². The van der Waals surface area contributed by atoms with E-state index in [2.05, 4.69) is 51.7 Å². The highest BCUT2D eigenvalue weighted by molar-refractivity contribution is 5.79. The van der Waals surface area contributed by atoms with E-state index < -0.39 is 0 Å². The summed E-state index contributed by atoms with van der Waals surface area (Å²) in [4.78, 5) is 9.02. The van der Waals surface area contributed by atoms with Gasteiger partial charge in [0.25, 0.3) is 0 Å². The summed E-state index contributed by atoms with van der Waals surface area (Å²) < 4.78 is 5.25. The second kappa shape index (κ2) is 9.05. The molecule has 0 aliphatic rings. The van der Waals surface area contributed by atoms with E-state index in [-0.39, 0.29) is 5.92 Å². The number of rotatable bonds is 7. The molecule has 0 aliphatic carbocycles. The van der Waals surface area contributed by atoms with E-state index in [9.17, 15) is 0 Å². The maximum atomic E-state index is 5.25. The molecule has 1 heterocycles. The van der Waals surface area contributed by atoms with Crippen LogP contribution >= 0.6 is 0 Å². The smallest absolute Gasteiger partial charge is 0.228 e. The third-order valence-corrected chi connectivity index (χ3v) is 3.64. The minimum atomic E-state index is 0.281. The molecule has 2 aromatic rings. The van der Waals surface area contributed by atoms with Crippen LogP contribution < -0.4 is 10.6 Å². The molecule has 1 aromatic heterocycles. The average molecular weight is 329 g/mol. The third kappa shape index (κ3) is 5.37. The molecule has 1 aromatic carbocycles. The van der Waals surface area contributed by atoms with Gasteiger partial charge < -0.3 is 15.2 Å². The van der Waals surface area contributed by atoms with Crippen molar-refractivity contribution in [3.63, 3.8) is 0 Å². The van der Waals surface area contributed by atoms with Gasteiger partial charge in [-0.25, -0.2) is 4.99 Å². The molecule has 0 saturated heterocycles. The first kappa shape index (κ1) is 18.0. The third-order valence-electron chi connectivity index (χ3n) is 3.64. The van der Waals surface area contributed by atoms with Crippen molar-refractivity contribution in [2.75, 3.05) is 13.1 Å². The standard InChI is InChI=1S/C18H27N5O/c1-5-19-18(21-12-15-9-7-6-8-14(15)4)20-11-10-16-22-17(13(2)3)23-24-16/h6-9,13H,5,10-12H2,1-4H3,(H2,19,20,21). The number of nitrogens with one attached hydrogen (secondary N) is 2. The van der Waals surface area contributed by atoms with Crippen molar-refractivity contribution < 1.29 is 4.52 Å². The molecule has 0 saturated carbocycles. The zero-order chi connectivity index (χ0) is 17.4. The van der Waals surface area contributed by atoms with Crippen molar-refractivity contribution in [1.82, 2.24) is 20.8 Å². The van der Waals surface area contributed by atoms with E-state index in [4.69, 9.17) is 4.52 Å². The van der Waals surface area contributed by atoms with Crippen molar-refractivity contribution >= 4 is 5.96 Å². The van der Waals surface area contributed by atoms with Crippen LogP contribution in [0, 0.1) is 6.92 Å². The van der Waals surface area contributed by atoms with Gasteiger partial charge in [0.1, 0.15) is 0 Å². The Morgan fingerprint density at radius 1 is 1.25 bits per heavy atom. The molecule has 2 rings (SSSR count). The Labute approximate surface area is 143 Å². The summed E-state index contributed by atoms with van der Waals surface area (Å²) in [5.41, 5.74) is 2.48. The molecule has 2 N–H and O–H groups in total. The Kier molecular flexibility index (Phi) is 6.78. The lowest BCUT2D eigenvalue weighted by atomic mass is 10.1. The van der Waals surface area contributed by atoms with Crippen LogP contribution in [-0.4, -0.2) is 29.2 Å². The highest BCUT2D eigenvalue weighted by Gasteiger charge is 2.09. The summed E-state index contributed by atoms with van der Waals surface area (Å²) in [5, 5.41) is 10.5. The Morgan fingerprint density at radius 3 is 2.71 bits per heavy atom. The van der Waals surface area contributed by atoms with Gasteiger partial charge in [-0.3, -0.25) is 0 Å². The fraction of sp³-hybridized carbons (Fsp3) is 0.500. The van der Waals surface area contributed by atoms with Crippen LogP contribution in [-0.2, 0) is 13.0 Å². The van der Waals surface area contributed by atoms with Crippen molar-refractivity contribution in [2.45, 2.75) is 46.6 Å². The number of hydrogen-bond donors (Lipinski definition) is 2. The first-order valence-corrected chi connectivity index (χ1v) is 8.49. The van der Waals surface area contributed by atoms with E-state index >= 15 is 0 Å². The number of nitrogens with zero attached hydrogens (tertiary/aromatic N) is 3. The van der Waals surface area contributed by atoms with Gasteiger partial charge >= 0.3 is 0 Å². The van der Waals surface area contributed by atoms with Gasteiger partial charge in [-0.2, -0.15) is 4.98 Å².